The third kappa shape index (κ3) is 2.25. The van der Waals surface area contributed by atoms with Crippen LogP contribution in [0.3, 0.4) is 0 Å². The minimum atomic E-state index is -0.830. The van der Waals surface area contributed by atoms with Gasteiger partial charge >= 0.3 is 0 Å². The minimum absolute atomic E-state index is 0.0330. The van der Waals surface area contributed by atoms with Crippen molar-refractivity contribution in [2.75, 3.05) is 13.6 Å². The number of nitrogens with zero attached hydrogens (tertiary/aromatic N) is 2. The summed E-state index contributed by atoms with van der Waals surface area (Å²) >= 11 is 0. The molecule has 1 unspecified atom stereocenters. The lowest BCUT2D eigenvalue weighted by Crippen LogP contribution is -2.40. The van der Waals surface area contributed by atoms with E-state index in [0.29, 0.717) is 12.3 Å². The van der Waals surface area contributed by atoms with Gasteiger partial charge in [-0.3, -0.25) is 4.79 Å². The van der Waals surface area contributed by atoms with Crippen molar-refractivity contribution in [2.45, 2.75) is 33.1 Å². The number of nitriles is 1. The average Bonchev–Trinajstić information content (AvgIpc) is 2.99. The van der Waals surface area contributed by atoms with E-state index in [1.807, 2.05) is 6.92 Å². The quantitative estimate of drug-likeness (QED) is 0.685. The molecule has 78 valence electrons. The highest BCUT2D eigenvalue weighted by atomic mass is 16.2. The van der Waals surface area contributed by atoms with Gasteiger partial charge in [0, 0.05) is 13.6 Å². The summed E-state index contributed by atoms with van der Waals surface area (Å²) in [7, 11) is 1.80. The second-order valence-corrected chi connectivity index (χ2v) is 4.43. The molecule has 1 amide bonds. The maximum atomic E-state index is 11.9. The van der Waals surface area contributed by atoms with E-state index in [2.05, 4.69) is 6.07 Å². The third-order valence-electron chi connectivity index (χ3n) is 3.00. The molecule has 0 spiro atoms. The highest BCUT2D eigenvalue weighted by Gasteiger charge is 2.35. The highest BCUT2D eigenvalue weighted by Crippen LogP contribution is 2.31. The zero-order valence-corrected chi connectivity index (χ0v) is 9.21. The van der Waals surface area contributed by atoms with Crippen LogP contribution < -0.4 is 0 Å². The van der Waals surface area contributed by atoms with Crippen LogP contribution >= 0.6 is 0 Å². The fourth-order valence-electron chi connectivity index (χ4n) is 1.47. The Balaban J connectivity index is 2.57. The van der Waals surface area contributed by atoms with Gasteiger partial charge in [-0.1, -0.05) is 6.92 Å². The van der Waals surface area contributed by atoms with Crippen molar-refractivity contribution in [2.24, 2.45) is 11.3 Å². The summed E-state index contributed by atoms with van der Waals surface area (Å²) in [5, 5.41) is 8.96. The molecule has 0 radical (unpaired) electrons. The van der Waals surface area contributed by atoms with E-state index in [0.717, 1.165) is 6.54 Å². The first-order chi connectivity index (χ1) is 6.53. The van der Waals surface area contributed by atoms with Gasteiger partial charge in [-0.2, -0.15) is 5.26 Å². The van der Waals surface area contributed by atoms with E-state index in [1.54, 1.807) is 18.9 Å². The second kappa shape index (κ2) is 4.00. The van der Waals surface area contributed by atoms with Crippen LogP contribution in [-0.2, 0) is 4.79 Å². The standard InChI is InChI=1S/C11H18N2O/c1-4-11(2,8-12)10(14)13(3)7-9-5-6-9/h9H,4-7H2,1-3H3. The molecule has 3 nitrogen and oxygen atoms in total. The first-order valence-electron chi connectivity index (χ1n) is 5.20. The Morgan fingerprint density at radius 1 is 1.64 bits per heavy atom. The van der Waals surface area contributed by atoms with Crippen LogP contribution in [0.5, 0.6) is 0 Å². The smallest absolute Gasteiger partial charge is 0.242 e. The summed E-state index contributed by atoms with van der Waals surface area (Å²) < 4.78 is 0. The second-order valence-electron chi connectivity index (χ2n) is 4.43. The number of carbonyl (C=O) groups is 1. The van der Waals surface area contributed by atoms with E-state index in [9.17, 15) is 4.79 Å². The lowest BCUT2D eigenvalue weighted by Gasteiger charge is -2.26. The number of amides is 1. The summed E-state index contributed by atoms with van der Waals surface area (Å²) in [6.45, 7) is 4.42. The van der Waals surface area contributed by atoms with E-state index < -0.39 is 5.41 Å². The first kappa shape index (κ1) is 11.0. The van der Waals surface area contributed by atoms with Crippen LogP contribution in [-0.4, -0.2) is 24.4 Å². The van der Waals surface area contributed by atoms with Crippen molar-refractivity contribution in [3.05, 3.63) is 0 Å². The van der Waals surface area contributed by atoms with Crippen LogP contribution in [0, 0.1) is 22.7 Å². The Morgan fingerprint density at radius 3 is 2.57 bits per heavy atom. The van der Waals surface area contributed by atoms with Gasteiger partial charge < -0.3 is 4.90 Å². The monoisotopic (exact) mass is 194 g/mol. The third-order valence-corrected chi connectivity index (χ3v) is 3.00. The number of carbonyl (C=O) groups excluding carboxylic acids is 1. The zero-order chi connectivity index (χ0) is 10.8. The van der Waals surface area contributed by atoms with Crippen LogP contribution in [0.25, 0.3) is 0 Å². The maximum absolute atomic E-state index is 11.9. The first-order valence-corrected chi connectivity index (χ1v) is 5.20. The van der Waals surface area contributed by atoms with Crippen molar-refractivity contribution < 1.29 is 4.79 Å². The summed E-state index contributed by atoms with van der Waals surface area (Å²) in [6, 6.07) is 2.11. The topological polar surface area (TPSA) is 44.1 Å². The molecule has 0 aromatic carbocycles. The van der Waals surface area contributed by atoms with Gasteiger partial charge in [0.05, 0.1) is 6.07 Å². The molecule has 0 aromatic rings. The number of hydrogen-bond acceptors (Lipinski definition) is 2. The molecular weight excluding hydrogens is 176 g/mol. The van der Waals surface area contributed by atoms with Gasteiger partial charge in [-0.25, -0.2) is 0 Å². The summed E-state index contributed by atoms with van der Waals surface area (Å²) in [5.41, 5.74) is -0.830. The van der Waals surface area contributed by atoms with Crippen molar-refractivity contribution in [1.82, 2.24) is 4.90 Å². The van der Waals surface area contributed by atoms with Crippen molar-refractivity contribution in [3.8, 4) is 6.07 Å². The molecule has 14 heavy (non-hydrogen) atoms. The lowest BCUT2D eigenvalue weighted by molar-refractivity contribution is -0.137. The largest absolute Gasteiger partial charge is 0.344 e. The summed E-state index contributed by atoms with van der Waals surface area (Å²) in [5.74, 6) is 0.651. The van der Waals surface area contributed by atoms with Crippen LogP contribution in [0.2, 0.25) is 0 Å². The predicted molar refractivity (Wildman–Crippen MR) is 54.4 cm³/mol. The molecule has 1 atom stereocenters. The molecule has 1 aliphatic carbocycles. The van der Waals surface area contributed by atoms with Crippen LogP contribution in [0.4, 0.5) is 0 Å². The zero-order valence-electron chi connectivity index (χ0n) is 9.21. The fourth-order valence-corrected chi connectivity index (χ4v) is 1.47. The molecule has 1 saturated carbocycles. The maximum Gasteiger partial charge on any atom is 0.242 e. The van der Waals surface area contributed by atoms with Gasteiger partial charge in [0.2, 0.25) is 5.91 Å². The van der Waals surface area contributed by atoms with Crippen molar-refractivity contribution >= 4 is 5.91 Å². The normalized spacial score (nSPS) is 19.6. The predicted octanol–water partition coefficient (Wildman–Crippen LogP) is 1.79. The molecule has 0 N–H and O–H groups in total. The Bertz CT molecular complexity index is 265. The van der Waals surface area contributed by atoms with Gasteiger partial charge in [0.25, 0.3) is 0 Å². The molecule has 1 aliphatic rings. The van der Waals surface area contributed by atoms with Crippen LogP contribution in [0.15, 0.2) is 0 Å². The van der Waals surface area contributed by atoms with Crippen molar-refractivity contribution in [3.63, 3.8) is 0 Å². The SMILES string of the molecule is CCC(C)(C#N)C(=O)N(C)CC1CC1. The molecule has 0 saturated heterocycles. The van der Waals surface area contributed by atoms with E-state index >= 15 is 0 Å². The average molecular weight is 194 g/mol. The fraction of sp³-hybridized carbons (Fsp3) is 0.818. The van der Waals surface area contributed by atoms with E-state index in [1.165, 1.54) is 12.8 Å². The lowest BCUT2D eigenvalue weighted by atomic mass is 9.88. The Kier molecular flexibility index (Phi) is 3.15. The number of rotatable bonds is 4. The summed E-state index contributed by atoms with van der Waals surface area (Å²) in [6.07, 6.45) is 3.04. The van der Waals surface area contributed by atoms with Gasteiger partial charge in [-0.15, -0.1) is 0 Å². The minimum Gasteiger partial charge on any atom is -0.344 e. The molecule has 0 aliphatic heterocycles. The highest BCUT2D eigenvalue weighted by molar-refractivity contribution is 5.84. The molecule has 0 bridgehead atoms. The Hall–Kier alpha value is -1.04. The van der Waals surface area contributed by atoms with Gasteiger partial charge in [0.1, 0.15) is 5.41 Å². The van der Waals surface area contributed by atoms with E-state index in [-0.39, 0.29) is 5.91 Å². The summed E-state index contributed by atoms with van der Waals surface area (Å²) in [4.78, 5) is 13.6. The number of hydrogen-bond donors (Lipinski definition) is 0. The van der Waals surface area contributed by atoms with Gasteiger partial charge in [0.15, 0.2) is 0 Å². The molecule has 3 heteroatoms. The molecule has 1 fully saturated rings. The molecule has 0 heterocycles. The molecular formula is C11H18N2O. The van der Waals surface area contributed by atoms with Gasteiger partial charge in [-0.05, 0) is 32.1 Å². The van der Waals surface area contributed by atoms with E-state index in [4.69, 9.17) is 5.26 Å². The van der Waals surface area contributed by atoms with Crippen LogP contribution in [0.1, 0.15) is 33.1 Å². The Morgan fingerprint density at radius 2 is 2.21 bits per heavy atom. The van der Waals surface area contributed by atoms with Crippen molar-refractivity contribution in [1.29, 1.82) is 5.26 Å². The Labute approximate surface area is 85.7 Å². The molecule has 1 rings (SSSR count). The molecule has 0 aromatic heterocycles.